The summed E-state index contributed by atoms with van der Waals surface area (Å²) in [5, 5.41) is 8.82. The lowest BCUT2D eigenvalue weighted by atomic mass is 10.2. The number of benzene rings is 1. The molecule has 0 atom stereocenters. The average Bonchev–Trinajstić information content (AvgIpc) is 3.43. The first kappa shape index (κ1) is 13.8. The van der Waals surface area contributed by atoms with E-state index in [9.17, 15) is 4.79 Å². The highest BCUT2D eigenvalue weighted by Gasteiger charge is 2.40. The zero-order chi connectivity index (χ0) is 15.1. The number of aromatic nitrogens is 2. The normalized spacial score (nSPS) is 17.5. The molecule has 5 nitrogen and oxygen atoms in total. The lowest BCUT2D eigenvalue weighted by Gasteiger charge is -2.20. The molecule has 0 saturated heterocycles. The van der Waals surface area contributed by atoms with Gasteiger partial charge in [-0.15, -0.1) is 10.2 Å². The molecular weight excluding hydrogens is 302 g/mol. The number of rotatable bonds is 5. The number of carbonyl (C=O) groups excluding carboxylic acids is 1. The first-order valence-electron chi connectivity index (χ1n) is 7.59. The Labute approximate surface area is 133 Å². The summed E-state index contributed by atoms with van der Waals surface area (Å²) < 4.78 is 5.71. The van der Waals surface area contributed by atoms with Crippen molar-refractivity contribution < 1.29 is 9.21 Å². The van der Waals surface area contributed by atoms with E-state index < -0.39 is 0 Å². The molecule has 0 unspecified atom stereocenters. The van der Waals surface area contributed by atoms with Crippen molar-refractivity contribution in [2.75, 3.05) is 0 Å². The van der Waals surface area contributed by atoms with Gasteiger partial charge in [-0.2, -0.15) is 0 Å². The molecule has 0 bridgehead atoms. The Morgan fingerprint density at radius 3 is 2.55 bits per heavy atom. The van der Waals surface area contributed by atoms with Crippen molar-refractivity contribution in [3.05, 3.63) is 35.2 Å². The van der Waals surface area contributed by atoms with Gasteiger partial charge >= 0.3 is 0 Å². The molecule has 2 aliphatic rings. The van der Waals surface area contributed by atoms with E-state index in [4.69, 9.17) is 16.0 Å². The summed E-state index contributed by atoms with van der Waals surface area (Å²) in [6, 6.07) is 7.61. The Balaban J connectivity index is 1.50. The highest BCUT2D eigenvalue weighted by Crippen LogP contribution is 2.36. The van der Waals surface area contributed by atoms with E-state index in [1.54, 1.807) is 12.1 Å². The van der Waals surface area contributed by atoms with Gasteiger partial charge in [-0.05, 0) is 49.9 Å². The lowest BCUT2D eigenvalue weighted by Crippen LogP contribution is -2.33. The van der Waals surface area contributed by atoms with Crippen LogP contribution in [-0.4, -0.2) is 27.0 Å². The van der Waals surface area contributed by atoms with Crippen molar-refractivity contribution in [3.63, 3.8) is 0 Å². The fourth-order valence-electron chi connectivity index (χ4n) is 2.51. The van der Waals surface area contributed by atoms with Gasteiger partial charge < -0.3 is 9.32 Å². The van der Waals surface area contributed by atoms with Crippen LogP contribution in [0.25, 0.3) is 11.5 Å². The molecule has 1 aromatic heterocycles. The van der Waals surface area contributed by atoms with E-state index in [1.165, 1.54) is 0 Å². The minimum absolute atomic E-state index is 0.222. The van der Waals surface area contributed by atoms with Crippen molar-refractivity contribution in [1.82, 2.24) is 15.1 Å². The molecule has 0 N–H and O–H groups in total. The number of carbonyl (C=O) groups is 1. The van der Waals surface area contributed by atoms with Gasteiger partial charge in [0.2, 0.25) is 17.7 Å². The smallest absolute Gasteiger partial charge is 0.247 e. The van der Waals surface area contributed by atoms with Crippen LogP contribution in [-0.2, 0) is 11.3 Å². The van der Waals surface area contributed by atoms with Gasteiger partial charge in [0, 0.05) is 22.5 Å². The van der Waals surface area contributed by atoms with Crippen LogP contribution in [0.5, 0.6) is 0 Å². The number of hydrogen-bond acceptors (Lipinski definition) is 4. The van der Waals surface area contributed by atoms with E-state index in [1.807, 2.05) is 17.0 Å². The molecule has 1 aromatic carbocycles. The lowest BCUT2D eigenvalue weighted by molar-refractivity contribution is -0.134. The van der Waals surface area contributed by atoms with Gasteiger partial charge in [0.05, 0.1) is 6.54 Å². The number of hydrogen-bond donors (Lipinski definition) is 0. The molecule has 22 heavy (non-hydrogen) atoms. The maximum absolute atomic E-state index is 12.3. The number of amides is 1. The van der Waals surface area contributed by atoms with E-state index in [0.717, 1.165) is 31.2 Å². The topological polar surface area (TPSA) is 59.2 Å². The second-order valence-corrected chi connectivity index (χ2v) is 6.42. The van der Waals surface area contributed by atoms with Gasteiger partial charge in [-0.1, -0.05) is 11.6 Å². The van der Waals surface area contributed by atoms with Crippen molar-refractivity contribution in [1.29, 1.82) is 0 Å². The third kappa shape index (κ3) is 2.86. The van der Waals surface area contributed by atoms with Crippen molar-refractivity contribution in [3.8, 4) is 11.5 Å². The van der Waals surface area contributed by atoms with Crippen LogP contribution in [0.15, 0.2) is 28.7 Å². The first-order valence-corrected chi connectivity index (χ1v) is 7.97. The Morgan fingerprint density at radius 1 is 1.18 bits per heavy atom. The second kappa shape index (κ2) is 5.39. The standard InChI is InChI=1S/C16H16ClN3O2/c17-12-5-3-10(4-6-12)15-19-18-14(22-15)9-20(13-7-8-13)16(21)11-1-2-11/h3-6,11,13H,1-2,7-9H2. The monoisotopic (exact) mass is 317 g/mol. The summed E-state index contributed by atoms with van der Waals surface area (Å²) in [5.74, 6) is 1.42. The Morgan fingerprint density at radius 2 is 1.91 bits per heavy atom. The first-order chi connectivity index (χ1) is 10.7. The van der Waals surface area contributed by atoms with Crippen LogP contribution in [0, 0.1) is 5.92 Å². The van der Waals surface area contributed by atoms with Gasteiger partial charge in [0.1, 0.15) is 0 Å². The summed E-state index contributed by atoms with van der Waals surface area (Å²) in [4.78, 5) is 14.2. The molecule has 0 spiro atoms. The zero-order valence-electron chi connectivity index (χ0n) is 12.0. The molecule has 0 aliphatic heterocycles. The molecule has 114 valence electrons. The van der Waals surface area contributed by atoms with E-state index >= 15 is 0 Å². The molecule has 1 heterocycles. The van der Waals surface area contributed by atoms with Crippen LogP contribution in [0.3, 0.4) is 0 Å². The van der Waals surface area contributed by atoms with E-state index in [0.29, 0.717) is 29.4 Å². The van der Waals surface area contributed by atoms with Gasteiger partial charge in [-0.3, -0.25) is 4.79 Å². The fraction of sp³-hybridized carbons (Fsp3) is 0.438. The Bertz CT molecular complexity index is 690. The Hall–Kier alpha value is -1.88. The minimum Gasteiger partial charge on any atom is -0.419 e. The molecule has 2 saturated carbocycles. The van der Waals surface area contributed by atoms with Gasteiger partial charge in [0.15, 0.2) is 0 Å². The van der Waals surface area contributed by atoms with E-state index in [2.05, 4.69) is 10.2 Å². The van der Waals surface area contributed by atoms with Gasteiger partial charge in [0.25, 0.3) is 0 Å². The third-order valence-corrected chi connectivity index (χ3v) is 4.31. The predicted molar refractivity (Wildman–Crippen MR) is 81.0 cm³/mol. The van der Waals surface area contributed by atoms with Crippen LogP contribution < -0.4 is 0 Å². The van der Waals surface area contributed by atoms with Crippen molar-refractivity contribution >= 4 is 17.5 Å². The summed E-state index contributed by atoms with van der Waals surface area (Å²) in [5.41, 5.74) is 0.828. The Kier molecular flexibility index (Phi) is 3.37. The molecule has 1 amide bonds. The van der Waals surface area contributed by atoms with Crippen molar-refractivity contribution in [2.45, 2.75) is 38.3 Å². The molecule has 2 aliphatic carbocycles. The molecule has 0 radical (unpaired) electrons. The largest absolute Gasteiger partial charge is 0.419 e. The maximum Gasteiger partial charge on any atom is 0.247 e. The average molecular weight is 318 g/mol. The summed E-state index contributed by atoms with van der Waals surface area (Å²) in [6.07, 6.45) is 4.19. The molecule has 2 aromatic rings. The highest BCUT2D eigenvalue weighted by atomic mass is 35.5. The SMILES string of the molecule is O=C(C1CC1)N(Cc1nnc(-c2ccc(Cl)cc2)o1)C1CC1. The summed E-state index contributed by atoms with van der Waals surface area (Å²) in [6.45, 7) is 0.417. The molecule has 6 heteroatoms. The summed E-state index contributed by atoms with van der Waals surface area (Å²) in [7, 11) is 0. The maximum atomic E-state index is 12.3. The minimum atomic E-state index is 0.222. The molecule has 4 rings (SSSR count). The van der Waals surface area contributed by atoms with Crippen LogP contribution in [0.1, 0.15) is 31.6 Å². The van der Waals surface area contributed by atoms with Crippen LogP contribution >= 0.6 is 11.6 Å². The van der Waals surface area contributed by atoms with Crippen LogP contribution in [0.2, 0.25) is 5.02 Å². The van der Waals surface area contributed by atoms with Crippen LogP contribution in [0.4, 0.5) is 0 Å². The van der Waals surface area contributed by atoms with Gasteiger partial charge in [-0.25, -0.2) is 0 Å². The zero-order valence-corrected chi connectivity index (χ0v) is 12.8. The highest BCUT2D eigenvalue weighted by molar-refractivity contribution is 6.30. The second-order valence-electron chi connectivity index (χ2n) is 5.98. The van der Waals surface area contributed by atoms with E-state index in [-0.39, 0.29) is 11.8 Å². The number of nitrogens with zero attached hydrogens (tertiary/aromatic N) is 3. The molecular formula is C16H16ClN3O2. The quantitative estimate of drug-likeness (QED) is 0.849. The van der Waals surface area contributed by atoms with Crippen molar-refractivity contribution in [2.24, 2.45) is 5.92 Å². The molecule has 2 fully saturated rings. The fourth-order valence-corrected chi connectivity index (χ4v) is 2.64. The third-order valence-electron chi connectivity index (χ3n) is 4.06. The summed E-state index contributed by atoms with van der Waals surface area (Å²) >= 11 is 5.87. The number of halogens is 1. The predicted octanol–water partition coefficient (Wildman–Crippen LogP) is 3.29.